The number of benzene rings is 3. The number of ether oxygens (including phenoxy) is 3. The third kappa shape index (κ3) is 8.45. The van der Waals surface area contributed by atoms with E-state index >= 15 is 0 Å². The van der Waals surface area contributed by atoms with Crippen molar-refractivity contribution in [1.82, 2.24) is 9.62 Å². The number of sulfonamides is 1. The van der Waals surface area contributed by atoms with Crippen molar-refractivity contribution in [1.29, 1.82) is 0 Å². The molecule has 272 valence electrons. The number of amides is 2. The molecule has 5 unspecified atom stereocenters. The maximum atomic E-state index is 14.3. The van der Waals surface area contributed by atoms with Gasteiger partial charge < -0.3 is 34.9 Å². The molecular formula is C38H46N4O8S. The van der Waals surface area contributed by atoms with Crippen LogP contribution in [0.25, 0.3) is 11.6 Å². The molecule has 3 aromatic carbocycles. The van der Waals surface area contributed by atoms with Gasteiger partial charge in [-0.15, -0.1) is 0 Å². The van der Waals surface area contributed by atoms with E-state index in [1.165, 1.54) is 16.4 Å². The van der Waals surface area contributed by atoms with Crippen molar-refractivity contribution in [3.8, 4) is 0 Å². The van der Waals surface area contributed by atoms with Crippen molar-refractivity contribution in [3.63, 3.8) is 0 Å². The quantitative estimate of drug-likeness (QED) is 0.220. The number of hydrogen-bond acceptors (Lipinski definition) is 9. The van der Waals surface area contributed by atoms with E-state index in [0.717, 1.165) is 23.2 Å². The largest absolute Gasteiger partial charge is 0.443 e. The first-order chi connectivity index (χ1) is 24.4. The number of nitrogens with one attached hydrogen (secondary N) is 2. The molecule has 3 aliphatic heterocycles. The van der Waals surface area contributed by atoms with Gasteiger partial charge >= 0.3 is 6.09 Å². The van der Waals surface area contributed by atoms with Crippen molar-refractivity contribution in [2.45, 2.75) is 56.1 Å². The SMILES string of the molecule is CC(C)CN(CC(O)C(Cc1ccccc1)NC(=O)OC1COC2OCCC12)S(=O)(=O)c1ccc2c(c1)/C(=C/c1ccc(N(C)C)cc1)C(=O)N2. The van der Waals surface area contributed by atoms with E-state index in [2.05, 4.69) is 10.6 Å². The summed E-state index contributed by atoms with van der Waals surface area (Å²) >= 11 is 0. The molecule has 3 aromatic rings. The summed E-state index contributed by atoms with van der Waals surface area (Å²) in [6.07, 6.45) is -0.204. The van der Waals surface area contributed by atoms with Crippen LogP contribution in [0.3, 0.4) is 0 Å². The van der Waals surface area contributed by atoms with E-state index in [-0.39, 0.29) is 48.8 Å². The summed E-state index contributed by atoms with van der Waals surface area (Å²) in [5, 5.41) is 17.3. The molecule has 3 heterocycles. The fourth-order valence-electron chi connectivity index (χ4n) is 6.69. The number of nitrogens with zero attached hydrogens (tertiary/aromatic N) is 2. The highest BCUT2D eigenvalue weighted by molar-refractivity contribution is 7.89. The summed E-state index contributed by atoms with van der Waals surface area (Å²) in [6.45, 7) is 4.35. The summed E-state index contributed by atoms with van der Waals surface area (Å²) in [6, 6.07) is 20.7. The number of fused-ring (bicyclic) bond motifs is 2. The van der Waals surface area contributed by atoms with Crippen LogP contribution in [0, 0.1) is 11.8 Å². The lowest BCUT2D eigenvalue weighted by molar-refractivity contribution is -0.110. The predicted octanol–water partition coefficient (Wildman–Crippen LogP) is 4.35. The van der Waals surface area contributed by atoms with Gasteiger partial charge in [-0.1, -0.05) is 56.3 Å². The summed E-state index contributed by atoms with van der Waals surface area (Å²) in [5.74, 6) is -0.469. The average Bonchev–Trinajstić information content (AvgIpc) is 3.80. The number of aliphatic hydroxyl groups is 1. The van der Waals surface area contributed by atoms with Crippen molar-refractivity contribution < 1.29 is 37.3 Å². The van der Waals surface area contributed by atoms with Gasteiger partial charge in [0, 0.05) is 49.7 Å². The second-order valence-corrected chi connectivity index (χ2v) is 15.8. The van der Waals surface area contributed by atoms with E-state index in [9.17, 15) is 23.1 Å². The maximum Gasteiger partial charge on any atom is 0.407 e. The maximum absolute atomic E-state index is 14.3. The van der Waals surface area contributed by atoms with Gasteiger partial charge in [-0.2, -0.15) is 4.31 Å². The minimum atomic E-state index is -4.18. The van der Waals surface area contributed by atoms with E-state index < -0.39 is 40.7 Å². The number of rotatable bonds is 13. The number of hydrogen-bond donors (Lipinski definition) is 3. The molecule has 13 heteroatoms. The number of carbonyl (C=O) groups is 2. The van der Waals surface area contributed by atoms with Crippen LogP contribution in [-0.4, -0.2) is 94.8 Å². The Balaban J connectivity index is 1.24. The van der Waals surface area contributed by atoms with Gasteiger partial charge in [0.15, 0.2) is 6.29 Å². The molecule has 0 aromatic heterocycles. The van der Waals surface area contributed by atoms with Crippen molar-refractivity contribution >= 4 is 45.0 Å². The summed E-state index contributed by atoms with van der Waals surface area (Å²) in [7, 11) is -0.292. The Labute approximate surface area is 299 Å². The summed E-state index contributed by atoms with van der Waals surface area (Å²) < 4.78 is 46.8. The van der Waals surface area contributed by atoms with Gasteiger partial charge in [0.05, 0.1) is 36.2 Å². The highest BCUT2D eigenvalue weighted by Gasteiger charge is 2.44. The van der Waals surface area contributed by atoms with Gasteiger partial charge in [-0.25, -0.2) is 13.2 Å². The van der Waals surface area contributed by atoms with Gasteiger partial charge in [0.25, 0.3) is 5.91 Å². The normalized spacial score (nSPS) is 21.7. The van der Waals surface area contributed by atoms with Crippen molar-refractivity contribution in [3.05, 3.63) is 89.5 Å². The molecule has 0 saturated carbocycles. The molecule has 0 aliphatic carbocycles. The second-order valence-electron chi connectivity index (χ2n) is 13.9. The highest BCUT2D eigenvalue weighted by atomic mass is 32.2. The molecule has 6 rings (SSSR count). The molecule has 3 aliphatic rings. The Morgan fingerprint density at radius 1 is 1.06 bits per heavy atom. The second kappa shape index (κ2) is 15.5. The molecule has 2 fully saturated rings. The van der Waals surface area contributed by atoms with Crippen LogP contribution in [0.5, 0.6) is 0 Å². The molecule has 2 saturated heterocycles. The zero-order valence-electron chi connectivity index (χ0n) is 29.3. The van der Waals surface area contributed by atoms with Crippen LogP contribution >= 0.6 is 0 Å². The lowest BCUT2D eigenvalue weighted by Crippen LogP contribution is -2.51. The number of aliphatic hydroxyl groups excluding tert-OH is 1. The molecule has 0 radical (unpaired) electrons. The van der Waals surface area contributed by atoms with Crippen molar-refractivity contribution in [2.75, 3.05) is 50.6 Å². The lowest BCUT2D eigenvalue weighted by Gasteiger charge is -2.31. The first-order valence-corrected chi connectivity index (χ1v) is 18.7. The first kappa shape index (κ1) is 36.5. The highest BCUT2D eigenvalue weighted by Crippen LogP contribution is 2.36. The van der Waals surface area contributed by atoms with E-state index in [1.54, 1.807) is 12.1 Å². The minimum absolute atomic E-state index is 0.0130. The predicted molar refractivity (Wildman–Crippen MR) is 194 cm³/mol. The van der Waals surface area contributed by atoms with Crippen LogP contribution in [0.1, 0.15) is 37.0 Å². The zero-order chi connectivity index (χ0) is 36.3. The molecule has 51 heavy (non-hydrogen) atoms. The zero-order valence-corrected chi connectivity index (χ0v) is 30.1. The Hall–Kier alpha value is -4.27. The smallest absolute Gasteiger partial charge is 0.407 e. The van der Waals surface area contributed by atoms with Gasteiger partial charge in [0.2, 0.25) is 10.0 Å². The summed E-state index contributed by atoms with van der Waals surface area (Å²) in [4.78, 5) is 28.2. The Kier molecular flexibility index (Phi) is 11.1. The molecule has 3 N–H and O–H groups in total. The van der Waals surface area contributed by atoms with Crippen LogP contribution in [0.2, 0.25) is 0 Å². The van der Waals surface area contributed by atoms with Gasteiger partial charge in [-0.3, -0.25) is 4.79 Å². The molecule has 0 bridgehead atoms. The van der Waals surface area contributed by atoms with Gasteiger partial charge in [-0.05, 0) is 66.3 Å². The third-order valence-electron chi connectivity index (χ3n) is 9.40. The number of carbonyl (C=O) groups excluding carboxylic acids is 2. The van der Waals surface area contributed by atoms with E-state index in [1.807, 2.05) is 87.4 Å². The Morgan fingerprint density at radius 2 is 1.80 bits per heavy atom. The topological polar surface area (TPSA) is 147 Å². The third-order valence-corrected chi connectivity index (χ3v) is 11.2. The van der Waals surface area contributed by atoms with E-state index in [0.29, 0.717) is 23.4 Å². The van der Waals surface area contributed by atoms with Crippen LogP contribution < -0.4 is 15.5 Å². The molecule has 2 amide bonds. The lowest BCUT2D eigenvalue weighted by atomic mass is 10.0. The first-order valence-electron chi connectivity index (χ1n) is 17.3. The van der Waals surface area contributed by atoms with Gasteiger partial charge in [0.1, 0.15) is 6.10 Å². The Bertz CT molecular complexity index is 1850. The van der Waals surface area contributed by atoms with Crippen LogP contribution in [0.15, 0.2) is 77.7 Å². The monoisotopic (exact) mass is 718 g/mol. The average molecular weight is 719 g/mol. The fourth-order valence-corrected chi connectivity index (χ4v) is 8.34. The molecule has 12 nitrogen and oxygen atoms in total. The minimum Gasteiger partial charge on any atom is -0.443 e. The standard InChI is InChI=1S/C38H46N4O8S/c1-24(2)21-42(22-34(43)33(19-25-8-6-5-7-9-25)40-38(45)50-35-23-49-37-29(35)16-17-48-37)51(46,47)28-14-15-32-30(20-28)31(36(44)39-32)18-26-10-12-27(13-11-26)41(3)4/h5-15,18,20,24,29,33-35,37,43H,16-17,19,21-23H2,1-4H3,(H,39,44)(H,40,45)/b31-18-. The van der Waals surface area contributed by atoms with E-state index in [4.69, 9.17) is 14.2 Å². The molecule has 0 spiro atoms. The van der Waals surface area contributed by atoms with Crippen LogP contribution in [0.4, 0.5) is 16.2 Å². The number of alkyl carbamates (subject to hydrolysis) is 1. The molecule has 5 atom stereocenters. The number of anilines is 2. The summed E-state index contributed by atoms with van der Waals surface area (Å²) in [5.41, 5.74) is 3.99. The fraction of sp³-hybridized carbons (Fsp3) is 0.421. The van der Waals surface area contributed by atoms with Crippen LogP contribution in [-0.2, 0) is 35.4 Å². The Morgan fingerprint density at radius 3 is 2.51 bits per heavy atom. The van der Waals surface area contributed by atoms with Crippen molar-refractivity contribution in [2.24, 2.45) is 11.8 Å². The molecular weight excluding hydrogens is 673 g/mol.